The van der Waals surface area contributed by atoms with Crippen LogP contribution in [-0.2, 0) is 22.6 Å². The summed E-state index contributed by atoms with van der Waals surface area (Å²) in [6.07, 6.45) is 1.31. The molecule has 0 bridgehead atoms. The molecule has 0 radical (unpaired) electrons. The van der Waals surface area contributed by atoms with E-state index < -0.39 is 5.60 Å². The Hall–Kier alpha value is -2.04. The number of guanidine groups is 1. The highest BCUT2D eigenvalue weighted by Gasteiger charge is 2.34. The number of nitrogens with one attached hydrogen (secondary N) is 2. The molecule has 0 aromatic heterocycles. The van der Waals surface area contributed by atoms with Crippen LogP contribution < -0.4 is 10.6 Å². The maximum atomic E-state index is 12.1. The zero-order valence-electron chi connectivity index (χ0n) is 18.8. The van der Waals surface area contributed by atoms with E-state index in [0.29, 0.717) is 38.6 Å². The van der Waals surface area contributed by atoms with Crippen LogP contribution in [0.1, 0.15) is 44.7 Å². The number of nitrogens with zero attached hydrogens (tertiary/aromatic N) is 3. The van der Waals surface area contributed by atoms with Gasteiger partial charge in [-0.25, -0.2) is 4.79 Å². The summed E-state index contributed by atoms with van der Waals surface area (Å²) < 4.78 is 5.39. The Kier molecular flexibility index (Phi) is 8.96. The minimum absolute atomic E-state index is 0. The first-order valence-corrected chi connectivity index (χ1v) is 10.5. The highest BCUT2D eigenvalue weighted by molar-refractivity contribution is 14.0. The van der Waals surface area contributed by atoms with Crippen LogP contribution in [0.5, 0.6) is 0 Å². The zero-order valence-corrected chi connectivity index (χ0v) is 21.1. The van der Waals surface area contributed by atoms with E-state index in [0.717, 1.165) is 24.1 Å². The topological polar surface area (TPSA) is 86.3 Å². The smallest absolute Gasteiger partial charge is 0.410 e. The third kappa shape index (κ3) is 7.26. The van der Waals surface area contributed by atoms with Gasteiger partial charge in [0.1, 0.15) is 5.60 Å². The van der Waals surface area contributed by atoms with E-state index in [9.17, 15) is 9.59 Å². The van der Waals surface area contributed by atoms with Gasteiger partial charge in [-0.1, -0.05) is 24.3 Å². The minimum atomic E-state index is -0.486. The summed E-state index contributed by atoms with van der Waals surface area (Å²) in [4.78, 5) is 31.9. The Balaban J connectivity index is 0.00000341. The lowest BCUT2D eigenvalue weighted by atomic mass is 10.1. The van der Waals surface area contributed by atoms with Gasteiger partial charge in [0.05, 0.1) is 6.04 Å². The number of aliphatic imine (C=N–C) groups is 1. The normalized spacial score (nSPS) is 17.2. The molecule has 0 aliphatic carbocycles. The molecule has 2 aliphatic rings. The lowest BCUT2D eigenvalue weighted by molar-refractivity contribution is -0.128. The molecule has 0 unspecified atom stereocenters. The van der Waals surface area contributed by atoms with Gasteiger partial charge in [-0.2, -0.15) is 0 Å². The van der Waals surface area contributed by atoms with Gasteiger partial charge in [0, 0.05) is 46.2 Å². The predicted octanol–water partition coefficient (Wildman–Crippen LogP) is 2.71. The lowest BCUT2D eigenvalue weighted by Gasteiger charge is -2.40. The Morgan fingerprint density at radius 3 is 2.48 bits per heavy atom. The number of carbonyl (C=O) groups excluding carboxylic acids is 2. The fourth-order valence-corrected chi connectivity index (χ4v) is 3.57. The Labute approximate surface area is 201 Å². The molecule has 0 saturated carbocycles. The van der Waals surface area contributed by atoms with Crippen LogP contribution in [0.3, 0.4) is 0 Å². The Morgan fingerprint density at radius 1 is 1.23 bits per heavy atom. The predicted molar refractivity (Wildman–Crippen MR) is 131 cm³/mol. The average Bonchev–Trinajstić information content (AvgIpc) is 3.04. The van der Waals surface area contributed by atoms with E-state index >= 15 is 0 Å². The first kappa shape index (κ1) is 25.2. The van der Waals surface area contributed by atoms with Gasteiger partial charge in [0.25, 0.3) is 0 Å². The number of carbonyl (C=O) groups is 2. The molecule has 2 aliphatic heterocycles. The maximum absolute atomic E-state index is 12.1. The number of likely N-dealkylation sites (tertiary alicyclic amines) is 2. The van der Waals surface area contributed by atoms with Gasteiger partial charge in [-0.15, -0.1) is 24.0 Å². The molecule has 2 N–H and O–H groups in total. The van der Waals surface area contributed by atoms with Gasteiger partial charge in [-0.3, -0.25) is 9.79 Å². The molecule has 9 heteroatoms. The van der Waals surface area contributed by atoms with E-state index in [2.05, 4.69) is 27.8 Å². The quantitative estimate of drug-likeness (QED) is 0.339. The van der Waals surface area contributed by atoms with Crippen molar-refractivity contribution in [2.75, 3.05) is 26.7 Å². The summed E-state index contributed by atoms with van der Waals surface area (Å²) in [7, 11) is 1.73. The van der Waals surface area contributed by atoms with Gasteiger partial charge < -0.3 is 25.2 Å². The van der Waals surface area contributed by atoms with Crippen molar-refractivity contribution >= 4 is 41.9 Å². The van der Waals surface area contributed by atoms with Crippen LogP contribution in [0.2, 0.25) is 0 Å². The number of hydrogen-bond acceptors (Lipinski definition) is 4. The van der Waals surface area contributed by atoms with E-state index in [1.165, 1.54) is 0 Å². The molecule has 0 spiro atoms. The molecular weight excluding hydrogens is 509 g/mol. The van der Waals surface area contributed by atoms with Crippen LogP contribution in [0.25, 0.3) is 0 Å². The van der Waals surface area contributed by atoms with E-state index in [1.807, 2.05) is 37.8 Å². The van der Waals surface area contributed by atoms with Gasteiger partial charge >= 0.3 is 6.09 Å². The molecule has 2 heterocycles. The summed E-state index contributed by atoms with van der Waals surface area (Å²) in [6, 6.07) is 8.30. The summed E-state index contributed by atoms with van der Waals surface area (Å²) in [5.74, 6) is 0.922. The van der Waals surface area contributed by atoms with Crippen LogP contribution in [0, 0.1) is 0 Å². The van der Waals surface area contributed by atoms with Crippen LogP contribution in [0.4, 0.5) is 4.79 Å². The largest absolute Gasteiger partial charge is 0.444 e. The Morgan fingerprint density at radius 2 is 1.90 bits per heavy atom. The fraction of sp³-hybridized carbons (Fsp3) is 0.591. The molecule has 1 aromatic carbocycles. The van der Waals surface area contributed by atoms with Gasteiger partial charge in [-0.05, 0) is 38.3 Å². The van der Waals surface area contributed by atoms with Crippen molar-refractivity contribution < 1.29 is 14.3 Å². The second-order valence-electron chi connectivity index (χ2n) is 8.84. The number of amides is 2. The molecule has 2 fully saturated rings. The van der Waals surface area contributed by atoms with Crippen LogP contribution >= 0.6 is 24.0 Å². The summed E-state index contributed by atoms with van der Waals surface area (Å²) in [5.41, 5.74) is 1.81. The highest BCUT2D eigenvalue weighted by atomic mass is 127. The molecular formula is C22H34IN5O3. The van der Waals surface area contributed by atoms with Crippen molar-refractivity contribution in [1.82, 2.24) is 20.4 Å². The standard InChI is InChI=1S/C22H33N5O3.HI/c1-22(2,3)30-21(29)27-14-18(15-27)25-20(23-4)24-12-16-8-5-6-9-17(16)13-26-11-7-10-19(26)28;/h5-6,8-9,18H,7,10-15H2,1-4H3,(H2,23,24,25);1H. The molecule has 0 atom stereocenters. The second kappa shape index (κ2) is 11.0. The number of halogens is 1. The van der Waals surface area contributed by atoms with Crippen LogP contribution in [0.15, 0.2) is 29.3 Å². The zero-order chi connectivity index (χ0) is 21.7. The van der Waals surface area contributed by atoms with Crippen molar-refractivity contribution in [3.05, 3.63) is 35.4 Å². The first-order valence-electron chi connectivity index (χ1n) is 10.5. The molecule has 2 amide bonds. The van der Waals surface area contributed by atoms with Gasteiger partial charge in [0.15, 0.2) is 5.96 Å². The van der Waals surface area contributed by atoms with Crippen molar-refractivity contribution in [3.63, 3.8) is 0 Å². The van der Waals surface area contributed by atoms with Crippen LogP contribution in [-0.4, -0.2) is 66.1 Å². The maximum Gasteiger partial charge on any atom is 0.410 e. The third-order valence-corrected chi connectivity index (χ3v) is 5.19. The minimum Gasteiger partial charge on any atom is -0.444 e. The summed E-state index contributed by atoms with van der Waals surface area (Å²) in [5, 5.41) is 6.69. The van der Waals surface area contributed by atoms with Crippen molar-refractivity contribution in [3.8, 4) is 0 Å². The van der Waals surface area contributed by atoms with Crippen molar-refractivity contribution in [2.24, 2.45) is 4.99 Å². The average molecular weight is 543 g/mol. The Bertz CT molecular complexity index is 803. The second-order valence-corrected chi connectivity index (χ2v) is 8.84. The molecule has 2 saturated heterocycles. The molecule has 3 rings (SSSR count). The highest BCUT2D eigenvalue weighted by Crippen LogP contribution is 2.18. The van der Waals surface area contributed by atoms with Crippen molar-refractivity contribution in [1.29, 1.82) is 0 Å². The molecule has 1 aromatic rings. The van der Waals surface area contributed by atoms with E-state index in [1.54, 1.807) is 11.9 Å². The number of hydrogen-bond donors (Lipinski definition) is 2. The van der Waals surface area contributed by atoms with E-state index in [4.69, 9.17) is 4.74 Å². The summed E-state index contributed by atoms with van der Waals surface area (Å²) >= 11 is 0. The third-order valence-electron chi connectivity index (χ3n) is 5.19. The van der Waals surface area contributed by atoms with Crippen molar-refractivity contribution in [2.45, 2.75) is 58.3 Å². The molecule has 31 heavy (non-hydrogen) atoms. The number of benzene rings is 1. The first-order chi connectivity index (χ1) is 14.2. The summed E-state index contributed by atoms with van der Waals surface area (Å²) in [6.45, 7) is 8.86. The van der Waals surface area contributed by atoms with Gasteiger partial charge in [0.2, 0.25) is 5.91 Å². The fourth-order valence-electron chi connectivity index (χ4n) is 3.57. The number of ether oxygens (including phenoxy) is 1. The lowest BCUT2D eigenvalue weighted by Crippen LogP contribution is -2.63. The van der Waals surface area contributed by atoms with E-state index in [-0.39, 0.29) is 42.0 Å². The SMILES string of the molecule is CN=C(NCc1ccccc1CN1CCCC1=O)NC1CN(C(=O)OC(C)(C)C)C1.I. The monoisotopic (exact) mass is 543 g/mol. The molecule has 8 nitrogen and oxygen atoms in total. The molecule has 172 valence electrons. The number of rotatable bonds is 5.